The standard InChI is InChI=1S/C19H26N6O3/c1-4-20-16-8-9-17(23-22-16)24-10-12-25(13-11-24)19(26)21-14-6-5-7-15(27-2)18(14)28-3/h5-9H,4,10-13H2,1-3H3,(H,20,22)(H,21,26). The number of carbonyl (C=O) groups is 1. The lowest BCUT2D eigenvalue weighted by Crippen LogP contribution is -2.50. The maximum atomic E-state index is 12.7. The first-order valence-electron chi connectivity index (χ1n) is 9.25. The van der Waals surface area contributed by atoms with Crippen molar-refractivity contribution in [2.24, 2.45) is 0 Å². The topological polar surface area (TPSA) is 91.9 Å². The number of anilines is 3. The van der Waals surface area contributed by atoms with Crippen LogP contribution < -0.4 is 25.0 Å². The number of urea groups is 1. The van der Waals surface area contributed by atoms with Gasteiger partial charge in [0.1, 0.15) is 5.82 Å². The van der Waals surface area contributed by atoms with Crippen molar-refractivity contribution in [3.8, 4) is 11.5 Å². The van der Waals surface area contributed by atoms with Crippen LogP contribution in [0.5, 0.6) is 11.5 Å². The molecule has 2 N–H and O–H groups in total. The number of piperazine rings is 1. The van der Waals surface area contributed by atoms with Gasteiger partial charge in [-0.15, -0.1) is 10.2 Å². The fourth-order valence-electron chi connectivity index (χ4n) is 3.09. The van der Waals surface area contributed by atoms with Crippen LogP contribution in [0.3, 0.4) is 0 Å². The summed E-state index contributed by atoms with van der Waals surface area (Å²) >= 11 is 0. The van der Waals surface area contributed by atoms with Gasteiger partial charge in [-0.05, 0) is 31.2 Å². The zero-order valence-corrected chi connectivity index (χ0v) is 16.4. The number of ether oxygens (including phenoxy) is 2. The molecule has 0 atom stereocenters. The van der Waals surface area contributed by atoms with Crippen molar-refractivity contribution in [1.82, 2.24) is 15.1 Å². The van der Waals surface area contributed by atoms with Crippen molar-refractivity contribution >= 4 is 23.4 Å². The fourth-order valence-corrected chi connectivity index (χ4v) is 3.09. The van der Waals surface area contributed by atoms with Crippen molar-refractivity contribution in [3.63, 3.8) is 0 Å². The number of aromatic nitrogens is 2. The van der Waals surface area contributed by atoms with Crippen LogP contribution in [0.2, 0.25) is 0 Å². The Morgan fingerprint density at radius 2 is 1.86 bits per heavy atom. The highest BCUT2D eigenvalue weighted by Gasteiger charge is 2.23. The number of hydrogen-bond donors (Lipinski definition) is 2. The lowest BCUT2D eigenvalue weighted by molar-refractivity contribution is 0.208. The quantitative estimate of drug-likeness (QED) is 0.787. The predicted octanol–water partition coefficient (Wildman–Crippen LogP) is 2.28. The number of nitrogens with zero attached hydrogens (tertiary/aromatic N) is 4. The van der Waals surface area contributed by atoms with E-state index in [4.69, 9.17) is 9.47 Å². The highest BCUT2D eigenvalue weighted by Crippen LogP contribution is 2.34. The molecule has 28 heavy (non-hydrogen) atoms. The Bertz CT molecular complexity index is 791. The van der Waals surface area contributed by atoms with Crippen LogP contribution in [0, 0.1) is 0 Å². The van der Waals surface area contributed by atoms with Crippen molar-refractivity contribution < 1.29 is 14.3 Å². The van der Waals surface area contributed by atoms with Gasteiger partial charge in [-0.25, -0.2) is 4.79 Å². The van der Waals surface area contributed by atoms with E-state index in [0.29, 0.717) is 43.4 Å². The molecular weight excluding hydrogens is 360 g/mol. The predicted molar refractivity (Wildman–Crippen MR) is 109 cm³/mol. The Labute approximate surface area is 164 Å². The summed E-state index contributed by atoms with van der Waals surface area (Å²) in [6, 6.07) is 9.08. The monoisotopic (exact) mass is 386 g/mol. The first-order valence-corrected chi connectivity index (χ1v) is 9.25. The van der Waals surface area contributed by atoms with Gasteiger partial charge >= 0.3 is 6.03 Å². The summed E-state index contributed by atoms with van der Waals surface area (Å²) in [5.74, 6) is 2.66. The molecule has 0 saturated carbocycles. The zero-order valence-electron chi connectivity index (χ0n) is 16.4. The van der Waals surface area contributed by atoms with Gasteiger partial charge in [-0.1, -0.05) is 6.07 Å². The maximum absolute atomic E-state index is 12.7. The van der Waals surface area contributed by atoms with E-state index in [0.717, 1.165) is 18.2 Å². The molecular formula is C19H26N6O3. The Morgan fingerprint density at radius 3 is 2.46 bits per heavy atom. The van der Waals surface area contributed by atoms with Crippen LogP contribution in [0.4, 0.5) is 22.1 Å². The number of benzene rings is 1. The second-order valence-corrected chi connectivity index (χ2v) is 6.25. The number of amides is 2. The van der Waals surface area contributed by atoms with E-state index in [1.165, 1.54) is 0 Å². The van der Waals surface area contributed by atoms with Gasteiger partial charge in [0.15, 0.2) is 17.3 Å². The van der Waals surface area contributed by atoms with Gasteiger partial charge in [0.2, 0.25) is 0 Å². The lowest BCUT2D eigenvalue weighted by atomic mass is 10.2. The summed E-state index contributed by atoms with van der Waals surface area (Å²) < 4.78 is 10.6. The molecule has 1 fully saturated rings. The van der Waals surface area contributed by atoms with Gasteiger partial charge < -0.3 is 29.9 Å². The van der Waals surface area contributed by atoms with E-state index in [-0.39, 0.29) is 6.03 Å². The second kappa shape index (κ2) is 9.12. The van der Waals surface area contributed by atoms with Crippen LogP contribution in [0.1, 0.15) is 6.92 Å². The normalized spacial score (nSPS) is 13.8. The number of para-hydroxylation sites is 1. The molecule has 2 heterocycles. The molecule has 1 saturated heterocycles. The van der Waals surface area contributed by atoms with E-state index >= 15 is 0 Å². The molecule has 1 aromatic heterocycles. The number of nitrogens with one attached hydrogen (secondary N) is 2. The van der Waals surface area contributed by atoms with Crippen molar-refractivity contribution in [1.29, 1.82) is 0 Å². The van der Waals surface area contributed by atoms with E-state index in [2.05, 4.69) is 25.7 Å². The van der Waals surface area contributed by atoms with Gasteiger partial charge in [-0.2, -0.15) is 0 Å². The van der Waals surface area contributed by atoms with Crippen molar-refractivity contribution in [2.75, 3.05) is 62.5 Å². The van der Waals surface area contributed by atoms with Gasteiger partial charge in [0, 0.05) is 32.7 Å². The summed E-state index contributed by atoms with van der Waals surface area (Å²) in [5.41, 5.74) is 0.583. The lowest BCUT2D eigenvalue weighted by Gasteiger charge is -2.35. The summed E-state index contributed by atoms with van der Waals surface area (Å²) in [5, 5.41) is 14.5. The minimum absolute atomic E-state index is 0.167. The number of hydrogen-bond acceptors (Lipinski definition) is 7. The van der Waals surface area contributed by atoms with Crippen LogP contribution >= 0.6 is 0 Å². The molecule has 2 amide bonds. The molecule has 0 unspecified atom stereocenters. The summed E-state index contributed by atoms with van der Waals surface area (Å²) in [6.07, 6.45) is 0. The number of carbonyl (C=O) groups excluding carboxylic acids is 1. The van der Waals surface area contributed by atoms with E-state index in [1.54, 1.807) is 31.3 Å². The van der Waals surface area contributed by atoms with E-state index in [1.807, 2.05) is 25.1 Å². The minimum atomic E-state index is -0.167. The maximum Gasteiger partial charge on any atom is 0.322 e. The van der Waals surface area contributed by atoms with Gasteiger partial charge in [0.05, 0.1) is 19.9 Å². The molecule has 1 aromatic carbocycles. The van der Waals surface area contributed by atoms with Crippen molar-refractivity contribution in [2.45, 2.75) is 6.92 Å². The van der Waals surface area contributed by atoms with Crippen LogP contribution in [0.25, 0.3) is 0 Å². The molecule has 0 bridgehead atoms. The minimum Gasteiger partial charge on any atom is -0.493 e. The zero-order chi connectivity index (χ0) is 19.9. The Morgan fingerprint density at radius 1 is 1.07 bits per heavy atom. The molecule has 1 aliphatic rings. The average Bonchev–Trinajstić information content (AvgIpc) is 2.74. The summed E-state index contributed by atoms with van der Waals surface area (Å²) in [7, 11) is 3.12. The van der Waals surface area contributed by atoms with Gasteiger partial charge in [-0.3, -0.25) is 0 Å². The molecule has 3 rings (SSSR count). The highest BCUT2D eigenvalue weighted by molar-refractivity contribution is 5.91. The van der Waals surface area contributed by atoms with E-state index < -0.39 is 0 Å². The third-order valence-electron chi connectivity index (χ3n) is 4.54. The third kappa shape index (κ3) is 4.36. The first kappa shape index (κ1) is 19.5. The molecule has 9 nitrogen and oxygen atoms in total. The fraction of sp³-hybridized carbons (Fsp3) is 0.421. The third-order valence-corrected chi connectivity index (χ3v) is 4.54. The largest absolute Gasteiger partial charge is 0.493 e. The summed E-state index contributed by atoms with van der Waals surface area (Å²) in [6.45, 7) is 5.39. The second-order valence-electron chi connectivity index (χ2n) is 6.25. The molecule has 2 aromatic rings. The summed E-state index contributed by atoms with van der Waals surface area (Å²) in [4.78, 5) is 16.6. The molecule has 150 valence electrons. The SMILES string of the molecule is CCNc1ccc(N2CCN(C(=O)Nc3cccc(OC)c3OC)CC2)nn1. The number of methoxy groups -OCH3 is 2. The Kier molecular flexibility index (Phi) is 6.36. The highest BCUT2D eigenvalue weighted by atomic mass is 16.5. The van der Waals surface area contributed by atoms with E-state index in [9.17, 15) is 4.79 Å². The van der Waals surface area contributed by atoms with Crippen LogP contribution in [-0.2, 0) is 0 Å². The van der Waals surface area contributed by atoms with Crippen LogP contribution in [-0.4, -0.2) is 68.1 Å². The Hall–Kier alpha value is -3.23. The molecule has 0 aliphatic carbocycles. The first-order chi connectivity index (χ1) is 13.7. The number of rotatable bonds is 6. The van der Waals surface area contributed by atoms with Crippen LogP contribution in [0.15, 0.2) is 30.3 Å². The molecule has 0 spiro atoms. The van der Waals surface area contributed by atoms with Gasteiger partial charge in [0.25, 0.3) is 0 Å². The van der Waals surface area contributed by atoms with Crippen molar-refractivity contribution in [3.05, 3.63) is 30.3 Å². The Balaban J connectivity index is 1.58. The molecule has 1 aliphatic heterocycles. The molecule has 0 radical (unpaired) electrons. The smallest absolute Gasteiger partial charge is 0.322 e. The molecule has 9 heteroatoms. The average molecular weight is 386 g/mol.